The van der Waals surface area contributed by atoms with Crippen LogP contribution < -0.4 is 10.1 Å². The van der Waals surface area contributed by atoms with Crippen LogP contribution >= 0.6 is 0 Å². The van der Waals surface area contributed by atoms with E-state index in [1.165, 1.54) is 18.4 Å². The highest BCUT2D eigenvalue weighted by Gasteiger charge is 2.19. The minimum atomic E-state index is 0.940. The van der Waals surface area contributed by atoms with Gasteiger partial charge in [0.2, 0.25) is 0 Å². The number of hydrogen-bond acceptors (Lipinski definition) is 2. The Hall–Kier alpha value is -1.02. The lowest BCUT2D eigenvalue weighted by Crippen LogP contribution is -2.15. The lowest BCUT2D eigenvalue weighted by molar-refractivity contribution is 0.414. The molecule has 1 aromatic carbocycles. The minimum absolute atomic E-state index is 0.940. The topological polar surface area (TPSA) is 21.3 Å². The maximum Gasteiger partial charge on any atom is 0.119 e. The second kappa shape index (κ2) is 4.47. The highest BCUT2D eigenvalue weighted by molar-refractivity contribution is 5.28. The molecule has 1 aliphatic rings. The van der Waals surface area contributed by atoms with Crippen LogP contribution in [-0.4, -0.2) is 13.7 Å². The molecule has 0 bridgehead atoms. The van der Waals surface area contributed by atoms with Gasteiger partial charge in [-0.2, -0.15) is 0 Å². The molecule has 0 amide bonds. The van der Waals surface area contributed by atoms with Gasteiger partial charge in [0, 0.05) is 6.54 Å². The molecule has 0 spiro atoms. The van der Waals surface area contributed by atoms with Crippen molar-refractivity contribution in [2.45, 2.75) is 19.4 Å². The number of rotatable bonds is 5. The predicted molar refractivity (Wildman–Crippen MR) is 57.4 cm³/mol. The summed E-state index contributed by atoms with van der Waals surface area (Å²) in [4.78, 5) is 0. The smallest absolute Gasteiger partial charge is 0.119 e. The molecule has 0 atom stereocenters. The summed E-state index contributed by atoms with van der Waals surface area (Å²) in [6, 6.07) is 8.22. The van der Waals surface area contributed by atoms with Crippen LogP contribution in [0.15, 0.2) is 24.3 Å². The molecule has 14 heavy (non-hydrogen) atoms. The Bertz CT molecular complexity index is 294. The minimum Gasteiger partial charge on any atom is -0.497 e. The van der Waals surface area contributed by atoms with Crippen LogP contribution in [0, 0.1) is 5.92 Å². The number of benzene rings is 1. The van der Waals surface area contributed by atoms with E-state index in [1.807, 2.05) is 12.1 Å². The molecular formula is C12H17NO. The van der Waals surface area contributed by atoms with E-state index in [0.717, 1.165) is 24.8 Å². The Morgan fingerprint density at radius 1 is 1.43 bits per heavy atom. The predicted octanol–water partition coefficient (Wildman–Crippen LogP) is 2.19. The Balaban J connectivity index is 1.81. The summed E-state index contributed by atoms with van der Waals surface area (Å²) in [5.41, 5.74) is 1.30. The summed E-state index contributed by atoms with van der Waals surface area (Å²) in [6.45, 7) is 2.12. The van der Waals surface area contributed by atoms with Gasteiger partial charge in [0.25, 0.3) is 0 Å². The van der Waals surface area contributed by atoms with E-state index in [0.29, 0.717) is 0 Å². The van der Waals surface area contributed by atoms with Gasteiger partial charge in [-0.15, -0.1) is 0 Å². The highest BCUT2D eigenvalue weighted by Crippen LogP contribution is 2.27. The zero-order valence-corrected chi connectivity index (χ0v) is 8.62. The molecule has 1 saturated carbocycles. The van der Waals surface area contributed by atoms with Crippen molar-refractivity contribution in [3.05, 3.63) is 29.8 Å². The van der Waals surface area contributed by atoms with Crippen molar-refractivity contribution >= 4 is 0 Å². The van der Waals surface area contributed by atoms with E-state index in [1.54, 1.807) is 7.11 Å². The molecule has 2 rings (SSSR count). The maximum atomic E-state index is 5.17. The van der Waals surface area contributed by atoms with E-state index in [-0.39, 0.29) is 0 Å². The first-order valence-corrected chi connectivity index (χ1v) is 5.22. The van der Waals surface area contributed by atoms with Gasteiger partial charge in [0.05, 0.1) is 7.11 Å². The van der Waals surface area contributed by atoms with Crippen molar-refractivity contribution in [3.63, 3.8) is 0 Å². The zero-order chi connectivity index (χ0) is 9.80. The molecule has 0 heterocycles. The molecule has 1 aliphatic carbocycles. The first-order chi connectivity index (χ1) is 6.88. The number of nitrogens with one attached hydrogen (secondary N) is 1. The molecule has 1 aromatic rings. The van der Waals surface area contributed by atoms with Gasteiger partial charge in [0.1, 0.15) is 5.75 Å². The quantitative estimate of drug-likeness (QED) is 0.770. The summed E-state index contributed by atoms with van der Waals surface area (Å²) in [5.74, 6) is 1.89. The van der Waals surface area contributed by atoms with Gasteiger partial charge in [0.15, 0.2) is 0 Å². The summed E-state index contributed by atoms with van der Waals surface area (Å²) in [6.07, 6.45) is 2.82. The van der Waals surface area contributed by atoms with E-state index >= 15 is 0 Å². The zero-order valence-electron chi connectivity index (χ0n) is 8.62. The van der Waals surface area contributed by atoms with Crippen molar-refractivity contribution in [3.8, 4) is 5.75 Å². The van der Waals surface area contributed by atoms with Crippen LogP contribution in [0.1, 0.15) is 18.4 Å². The Kier molecular flexibility index (Phi) is 3.04. The molecule has 2 nitrogen and oxygen atoms in total. The molecule has 1 fully saturated rings. The van der Waals surface area contributed by atoms with Gasteiger partial charge in [-0.3, -0.25) is 0 Å². The Morgan fingerprint density at radius 2 is 2.29 bits per heavy atom. The molecule has 0 unspecified atom stereocenters. The van der Waals surface area contributed by atoms with Gasteiger partial charge in [-0.05, 0) is 43.0 Å². The van der Waals surface area contributed by atoms with Crippen molar-refractivity contribution in [1.82, 2.24) is 5.32 Å². The first kappa shape index (κ1) is 9.53. The fraction of sp³-hybridized carbons (Fsp3) is 0.500. The normalized spacial score (nSPS) is 15.5. The van der Waals surface area contributed by atoms with Crippen LogP contribution in [0.4, 0.5) is 0 Å². The third-order valence-corrected chi connectivity index (χ3v) is 2.59. The van der Waals surface area contributed by atoms with E-state index in [4.69, 9.17) is 4.74 Å². The number of methoxy groups -OCH3 is 1. The fourth-order valence-electron chi connectivity index (χ4n) is 1.53. The van der Waals surface area contributed by atoms with E-state index in [9.17, 15) is 0 Å². The molecule has 0 radical (unpaired) electrons. The Morgan fingerprint density at radius 3 is 3.00 bits per heavy atom. The van der Waals surface area contributed by atoms with Crippen LogP contribution in [0.5, 0.6) is 5.75 Å². The average molecular weight is 191 g/mol. The van der Waals surface area contributed by atoms with Crippen molar-refractivity contribution in [2.75, 3.05) is 13.7 Å². The molecular weight excluding hydrogens is 174 g/mol. The van der Waals surface area contributed by atoms with Crippen LogP contribution in [0.25, 0.3) is 0 Å². The van der Waals surface area contributed by atoms with Crippen LogP contribution in [0.2, 0.25) is 0 Å². The summed E-state index contributed by atoms with van der Waals surface area (Å²) in [5, 5.41) is 3.46. The fourth-order valence-corrected chi connectivity index (χ4v) is 1.53. The first-order valence-electron chi connectivity index (χ1n) is 5.22. The summed E-state index contributed by atoms with van der Waals surface area (Å²) in [7, 11) is 1.71. The Labute approximate surface area is 85.3 Å². The largest absolute Gasteiger partial charge is 0.497 e. The van der Waals surface area contributed by atoms with E-state index < -0.39 is 0 Å². The van der Waals surface area contributed by atoms with Gasteiger partial charge in [-0.1, -0.05) is 12.1 Å². The molecule has 76 valence electrons. The monoisotopic (exact) mass is 191 g/mol. The molecule has 0 saturated heterocycles. The third-order valence-electron chi connectivity index (χ3n) is 2.59. The van der Waals surface area contributed by atoms with Crippen LogP contribution in [0.3, 0.4) is 0 Å². The van der Waals surface area contributed by atoms with Gasteiger partial charge < -0.3 is 10.1 Å². The second-order valence-corrected chi connectivity index (χ2v) is 3.93. The van der Waals surface area contributed by atoms with Crippen molar-refractivity contribution < 1.29 is 4.74 Å². The SMILES string of the molecule is COc1cccc(CNCC2CC2)c1. The number of hydrogen-bond donors (Lipinski definition) is 1. The lowest BCUT2D eigenvalue weighted by atomic mass is 10.2. The van der Waals surface area contributed by atoms with E-state index in [2.05, 4.69) is 17.4 Å². The molecule has 0 aromatic heterocycles. The summed E-state index contributed by atoms with van der Waals surface area (Å²) < 4.78 is 5.17. The maximum absolute atomic E-state index is 5.17. The second-order valence-electron chi connectivity index (χ2n) is 3.93. The number of ether oxygens (including phenoxy) is 1. The molecule has 2 heteroatoms. The van der Waals surface area contributed by atoms with Gasteiger partial charge >= 0.3 is 0 Å². The van der Waals surface area contributed by atoms with Crippen molar-refractivity contribution in [2.24, 2.45) is 5.92 Å². The highest BCUT2D eigenvalue weighted by atomic mass is 16.5. The van der Waals surface area contributed by atoms with Gasteiger partial charge in [-0.25, -0.2) is 0 Å². The standard InChI is InChI=1S/C12H17NO/c1-14-12-4-2-3-11(7-12)9-13-8-10-5-6-10/h2-4,7,10,13H,5-6,8-9H2,1H3. The lowest BCUT2D eigenvalue weighted by Gasteiger charge is -2.05. The van der Waals surface area contributed by atoms with Crippen molar-refractivity contribution in [1.29, 1.82) is 0 Å². The molecule has 0 aliphatic heterocycles. The molecule has 1 N–H and O–H groups in total. The third kappa shape index (κ3) is 2.74. The average Bonchev–Trinajstić information content (AvgIpc) is 3.02. The van der Waals surface area contributed by atoms with Crippen LogP contribution in [-0.2, 0) is 6.54 Å². The summed E-state index contributed by atoms with van der Waals surface area (Å²) >= 11 is 0.